The summed E-state index contributed by atoms with van der Waals surface area (Å²) in [5.74, 6) is 1.00. The Morgan fingerprint density at radius 3 is 2.06 bits per heavy atom. The second kappa shape index (κ2) is 5.62. The van der Waals surface area contributed by atoms with Crippen LogP contribution in [0.15, 0.2) is 30.3 Å². The molecule has 3 heteroatoms. The summed E-state index contributed by atoms with van der Waals surface area (Å²) in [6, 6.07) is 10.1. The number of carbonyl (C=O) groups excluding carboxylic acids is 1. The van der Waals surface area contributed by atoms with Crippen LogP contribution >= 0.6 is 0 Å². The zero-order chi connectivity index (χ0) is 13.0. The van der Waals surface area contributed by atoms with Crippen LogP contribution in [0.4, 0.5) is 0 Å². The van der Waals surface area contributed by atoms with Gasteiger partial charge in [-0.3, -0.25) is 4.58 Å². The molecule has 1 aromatic rings. The second-order valence-corrected chi connectivity index (χ2v) is 4.57. The molecule has 0 aliphatic carbocycles. The van der Waals surface area contributed by atoms with Crippen LogP contribution in [0.1, 0.15) is 26.3 Å². The first-order valence-corrected chi connectivity index (χ1v) is 5.84. The maximum Gasteiger partial charge on any atom is 0.306 e. The molecule has 1 rings (SSSR count). The van der Waals surface area contributed by atoms with E-state index >= 15 is 0 Å². The molecule has 0 unspecified atom stereocenters. The fraction of sp³-hybridized carbons (Fsp3) is 0.429. The number of amides is 1. The van der Waals surface area contributed by atoms with E-state index < -0.39 is 0 Å². The molecule has 3 nitrogen and oxygen atoms in total. The van der Waals surface area contributed by atoms with Gasteiger partial charge in [-0.25, -0.2) is 4.79 Å². The summed E-state index contributed by atoms with van der Waals surface area (Å²) < 4.78 is 1.98. The molecule has 0 atom stereocenters. The van der Waals surface area contributed by atoms with Crippen LogP contribution in [0.2, 0.25) is 0 Å². The average Bonchev–Trinajstić information content (AvgIpc) is 2.25. The summed E-state index contributed by atoms with van der Waals surface area (Å²) in [5.41, 5.74) is 1.06. The van der Waals surface area contributed by atoms with Gasteiger partial charge in [-0.15, -0.1) is 0 Å². The van der Waals surface area contributed by atoms with Crippen molar-refractivity contribution in [3.05, 3.63) is 35.9 Å². The molecular weight excluding hydrogens is 212 g/mol. The number of rotatable bonds is 2. The molecule has 1 amide bonds. The molecule has 1 aromatic carbocycles. The van der Waals surface area contributed by atoms with Gasteiger partial charge in [0.2, 0.25) is 0 Å². The van der Waals surface area contributed by atoms with Gasteiger partial charge in [-0.2, -0.15) is 4.90 Å². The molecule has 0 fully saturated rings. The number of benzene rings is 1. The van der Waals surface area contributed by atoms with E-state index in [-0.39, 0.29) is 11.9 Å². The Hall–Kier alpha value is -1.64. The van der Waals surface area contributed by atoms with Gasteiger partial charge >= 0.3 is 5.91 Å². The first-order valence-electron chi connectivity index (χ1n) is 5.84. The van der Waals surface area contributed by atoms with Gasteiger partial charge < -0.3 is 0 Å². The number of nitrogens with zero attached hydrogens (tertiary/aromatic N) is 2. The second-order valence-electron chi connectivity index (χ2n) is 4.57. The van der Waals surface area contributed by atoms with Gasteiger partial charge in [-0.1, -0.05) is 18.2 Å². The minimum absolute atomic E-state index is 0.0625. The maximum absolute atomic E-state index is 11.8. The van der Waals surface area contributed by atoms with E-state index in [1.54, 1.807) is 6.92 Å². The van der Waals surface area contributed by atoms with Gasteiger partial charge in [-0.05, 0) is 26.0 Å². The Balaban J connectivity index is 3.29. The summed E-state index contributed by atoms with van der Waals surface area (Å²) in [4.78, 5) is 13.6. The Morgan fingerprint density at radius 1 is 1.18 bits per heavy atom. The molecular formula is C14H21N2O+. The monoisotopic (exact) mass is 233 g/mol. The smallest absolute Gasteiger partial charge is 0.266 e. The average molecular weight is 233 g/mol. The molecule has 0 saturated carbocycles. The summed E-state index contributed by atoms with van der Waals surface area (Å²) in [5, 5.41) is 0. The highest BCUT2D eigenvalue weighted by molar-refractivity contribution is 6.04. The summed E-state index contributed by atoms with van der Waals surface area (Å²) in [7, 11) is 3.92. The van der Waals surface area contributed by atoms with Crippen LogP contribution in [-0.2, 0) is 4.79 Å². The van der Waals surface area contributed by atoms with Crippen molar-refractivity contribution in [2.75, 3.05) is 14.1 Å². The molecule has 0 aliphatic rings. The normalized spacial score (nSPS) is 10.2. The van der Waals surface area contributed by atoms with Gasteiger partial charge in [0.15, 0.2) is 0 Å². The minimum Gasteiger partial charge on any atom is -0.266 e. The van der Waals surface area contributed by atoms with E-state index in [1.807, 2.05) is 67.8 Å². The maximum atomic E-state index is 11.8. The fourth-order valence-corrected chi connectivity index (χ4v) is 1.96. The van der Waals surface area contributed by atoms with Crippen LogP contribution < -0.4 is 0 Å². The highest BCUT2D eigenvalue weighted by Crippen LogP contribution is 2.09. The molecule has 0 saturated heterocycles. The Labute approximate surface area is 103 Å². The van der Waals surface area contributed by atoms with Crippen molar-refractivity contribution in [2.45, 2.75) is 26.8 Å². The third kappa shape index (κ3) is 3.16. The molecule has 0 aromatic heterocycles. The molecule has 0 radical (unpaired) electrons. The lowest BCUT2D eigenvalue weighted by atomic mass is 10.1. The van der Waals surface area contributed by atoms with Gasteiger partial charge in [0.25, 0.3) is 5.84 Å². The first kappa shape index (κ1) is 13.4. The molecule has 0 spiro atoms. The third-order valence-corrected chi connectivity index (χ3v) is 2.54. The number of amidine groups is 1. The molecule has 0 N–H and O–H groups in total. The van der Waals surface area contributed by atoms with Crippen LogP contribution in [-0.4, -0.2) is 41.4 Å². The predicted octanol–water partition coefficient (Wildman–Crippen LogP) is 1.96. The Bertz CT molecular complexity index is 417. The van der Waals surface area contributed by atoms with E-state index in [2.05, 4.69) is 0 Å². The topological polar surface area (TPSA) is 23.3 Å². The molecule has 92 valence electrons. The van der Waals surface area contributed by atoms with E-state index in [4.69, 9.17) is 0 Å². The van der Waals surface area contributed by atoms with E-state index in [0.717, 1.165) is 11.4 Å². The molecule has 17 heavy (non-hydrogen) atoms. The van der Waals surface area contributed by atoms with Gasteiger partial charge in [0.1, 0.15) is 0 Å². The van der Waals surface area contributed by atoms with Gasteiger partial charge in [0, 0.05) is 6.92 Å². The summed E-state index contributed by atoms with van der Waals surface area (Å²) >= 11 is 0. The highest BCUT2D eigenvalue weighted by Gasteiger charge is 2.29. The zero-order valence-corrected chi connectivity index (χ0v) is 11.3. The van der Waals surface area contributed by atoms with Crippen molar-refractivity contribution in [1.82, 2.24) is 4.90 Å². The van der Waals surface area contributed by atoms with Crippen molar-refractivity contribution in [1.29, 1.82) is 0 Å². The van der Waals surface area contributed by atoms with E-state index in [0.29, 0.717) is 0 Å². The van der Waals surface area contributed by atoms with Crippen molar-refractivity contribution in [3.8, 4) is 0 Å². The third-order valence-electron chi connectivity index (χ3n) is 2.54. The molecule has 0 bridgehead atoms. The zero-order valence-electron chi connectivity index (χ0n) is 11.3. The predicted molar refractivity (Wildman–Crippen MR) is 70.3 cm³/mol. The minimum atomic E-state index is 0.0625. The standard InChI is InChI=1S/C14H21N2O/c1-11(2)16(12(3)17)14(15(4)5)13-9-7-6-8-10-13/h6-11H,1-5H3/q+1. The van der Waals surface area contributed by atoms with Crippen LogP contribution in [0.5, 0.6) is 0 Å². The van der Waals surface area contributed by atoms with Crippen LogP contribution in [0.25, 0.3) is 0 Å². The first-order chi connectivity index (χ1) is 7.95. The van der Waals surface area contributed by atoms with Crippen molar-refractivity contribution in [3.63, 3.8) is 0 Å². The summed E-state index contributed by atoms with van der Waals surface area (Å²) in [6.07, 6.45) is 0. The van der Waals surface area contributed by atoms with Crippen molar-refractivity contribution >= 4 is 11.7 Å². The van der Waals surface area contributed by atoms with E-state index in [1.165, 1.54) is 0 Å². The quantitative estimate of drug-likeness (QED) is 0.435. The molecule has 0 heterocycles. The summed E-state index contributed by atoms with van der Waals surface area (Å²) in [6.45, 7) is 5.65. The molecule has 0 aliphatic heterocycles. The van der Waals surface area contributed by atoms with Crippen LogP contribution in [0.3, 0.4) is 0 Å². The number of hydrogen-bond donors (Lipinski definition) is 0. The van der Waals surface area contributed by atoms with Crippen LogP contribution in [0, 0.1) is 0 Å². The van der Waals surface area contributed by atoms with Crippen molar-refractivity contribution in [2.24, 2.45) is 0 Å². The van der Waals surface area contributed by atoms with Gasteiger partial charge in [0.05, 0.1) is 25.7 Å². The van der Waals surface area contributed by atoms with E-state index in [9.17, 15) is 4.79 Å². The highest BCUT2D eigenvalue weighted by atomic mass is 16.2. The van der Waals surface area contributed by atoms with Crippen molar-refractivity contribution < 1.29 is 9.37 Å². The lowest BCUT2D eigenvalue weighted by molar-refractivity contribution is -0.469. The fourth-order valence-electron chi connectivity index (χ4n) is 1.96. The number of carbonyl (C=O) groups is 1. The Kier molecular flexibility index (Phi) is 4.44. The Morgan fingerprint density at radius 2 is 1.71 bits per heavy atom. The SMILES string of the molecule is CC(=O)N(C(c1ccccc1)=[N+](C)C)C(C)C. The lowest BCUT2D eigenvalue weighted by Gasteiger charge is -2.20. The largest absolute Gasteiger partial charge is 0.306 e. The lowest BCUT2D eigenvalue weighted by Crippen LogP contribution is -2.44. The number of hydrogen-bond acceptors (Lipinski definition) is 1.